The molecule has 2 N–H and O–H groups in total. The minimum Gasteiger partial charge on any atom is -0.497 e. The molecule has 1 aromatic carbocycles. The first-order valence-corrected chi connectivity index (χ1v) is 8.53. The van der Waals surface area contributed by atoms with Crippen LogP contribution in [-0.2, 0) is 16.1 Å². The zero-order valence-electron chi connectivity index (χ0n) is 14.6. The van der Waals surface area contributed by atoms with Crippen LogP contribution in [0.4, 0.5) is 0 Å². The van der Waals surface area contributed by atoms with Crippen molar-refractivity contribution < 1.29 is 19.0 Å². The first kappa shape index (κ1) is 18.5. The Kier molecular flexibility index (Phi) is 7.85. The van der Waals surface area contributed by atoms with E-state index in [0.717, 1.165) is 29.9 Å². The van der Waals surface area contributed by atoms with E-state index in [1.165, 1.54) is 12.8 Å². The van der Waals surface area contributed by atoms with Crippen molar-refractivity contribution in [3.63, 3.8) is 0 Å². The van der Waals surface area contributed by atoms with Gasteiger partial charge in [0.1, 0.15) is 11.5 Å². The molecular formula is C18H28N2O4. The molecule has 0 heterocycles. The number of rotatable bonds is 10. The van der Waals surface area contributed by atoms with Crippen LogP contribution >= 0.6 is 0 Å². The Hall–Kier alpha value is -1.79. The summed E-state index contributed by atoms with van der Waals surface area (Å²) in [5.74, 6) is 1.52. The molecule has 0 spiro atoms. The number of benzene rings is 1. The van der Waals surface area contributed by atoms with Gasteiger partial charge >= 0.3 is 0 Å². The molecule has 1 fully saturated rings. The van der Waals surface area contributed by atoms with Gasteiger partial charge in [-0.25, -0.2) is 0 Å². The van der Waals surface area contributed by atoms with Crippen LogP contribution < -0.4 is 20.1 Å². The van der Waals surface area contributed by atoms with Gasteiger partial charge in [0.2, 0.25) is 5.91 Å². The van der Waals surface area contributed by atoms with E-state index < -0.39 is 0 Å². The lowest BCUT2D eigenvalue weighted by molar-refractivity contribution is -0.120. The van der Waals surface area contributed by atoms with Crippen molar-refractivity contribution >= 4 is 5.91 Å². The molecule has 6 heteroatoms. The number of amides is 1. The highest BCUT2D eigenvalue weighted by Crippen LogP contribution is 2.29. The van der Waals surface area contributed by atoms with E-state index in [0.29, 0.717) is 19.7 Å². The van der Waals surface area contributed by atoms with Crippen molar-refractivity contribution in [3.05, 3.63) is 23.8 Å². The molecule has 1 amide bonds. The van der Waals surface area contributed by atoms with Crippen LogP contribution in [0.1, 0.15) is 31.2 Å². The topological polar surface area (TPSA) is 68.8 Å². The van der Waals surface area contributed by atoms with E-state index >= 15 is 0 Å². The molecular weight excluding hydrogens is 308 g/mol. The molecule has 0 atom stereocenters. The minimum absolute atomic E-state index is 0.0475. The van der Waals surface area contributed by atoms with Gasteiger partial charge in [-0.3, -0.25) is 4.79 Å². The molecule has 1 aromatic rings. The molecule has 0 bridgehead atoms. The highest BCUT2D eigenvalue weighted by atomic mass is 16.5. The van der Waals surface area contributed by atoms with Crippen LogP contribution in [-0.4, -0.2) is 45.9 Å². The van der Waals surface area contributed by atoms with E-state index in [4.69, 9.17) is 14.2 Å². The van der Waals surface area contributed by atoms with Crippen molar-refractivity contribution in [1.29, 1.82) is 0 Å². The summed E-state index contributed by atoms with van der Waals surface area (Å²) in [7, 11) is 3.28. The molecule has 0 radical (unpaired) electrons. The lowest BCUT2D eigenvalue weighted by Crippen LogP contribution is -2.35. The van der Waals surface area contributed by atoms with Gasteiger partial charge in [-0.05, 0) is 37.8 Å². The second-order valence-electron chi connectivity index (χ2n) is 5.94. The highest BCUT2D eigenvalue weighted by molar-refractivity contribution is 5.78. The first-order valence-electron chi connectivity index (χ1n) is 8.53. The molecule has 1 saturated carbocycles. The Labute approximate surface area is 143 Å². The molecule has 2 rings (SSSR count). The van der Waals surface area contributed by atoms with Crippen LogP contribution in [0.15, 0.2) is 18.2 Å². The van der Waals surface area contributed by atoms with E-state index in [-0.39, 0.29) is 18.6 Å². The fraction of sp³-hybridized carbons (Fsp3) is 0.611. The van der Waals surface area contributed by atoms with Crippen LogP contribution in [0.2, 0.25) is 0 Å². The van der Waals surface area contributed by atoms with Gasteiger partial charge in [0.25, 0.3) is 0 Å². The molecule has 1 aliphatic carbocycles. The maximum absolute atomic E-state index is 11.9. The van der Waals surface area contributed by atoms with Crippen molar-refractivity contribution in [2.24, 2.45) is 0 Å². The van der Waals surface area contributed by atoms with Gasteiger partial charge in [0, 0.05) is 31.8 Å². The molecule has 1 aliphatic rings. The quantitative estimate of drug-likeness (QED) is 0.639. The molecule has 0 aliphatic heterocycles. The number of carbonyl (C=O) groups excluding carboxylic acids is 1. The number of hydrogen-bond donors (Lipinski definition) is 2. The second kappa shape index (κ2) is 10.2. The largest absolute Gasteiger partial charge is 0.497 e. The molecule has 6 nitrogen and oxygen atoms in total. The maximum Gasteiger partial charge on any atom is 0.234 e. The number of nitrogens with one attached hydrogen (secondary N) is 2. The molecule has 0 aromatic heterocycles. The van der Waals surface area contributed by atoms with Crippen molar-refractivity contribution in [1.82, 2.24) is 10.6 Å². The predicted octanol–water partition coefficient (Wildman–Crippen LogP) is 1.87. The summed E-state index contributed by atoms with van der Waals surface area (Å²) in [6.45, 7) is 1.96. The average Bonchev–Trinajstić information content (AvgIpc) is 3.10. The Morgan fingerprint density at radius 1 is 1.25 bits per heavy atom. The number of ether oxygens (including phenoxy) is 3. The highest BCUT2D eigenvalue weighted by Gasteiger charge is 2.18. The number of methoxy groups -OCH3 is 2. The summed E-state index contributed by atoms with van der Waals surface area (Å²) in [5.41, 5.74) is 0.966. The standard InChI is InChI=1S/C18H28N2O4/c1-22-10-9-19-13-18(21)20-12-14-7-8-16(23-2)11-17(14)24-15-5-3-4-6-15/h7-8,11,15,19H,3-6,9-10,12-13H2,1-2H3,(H,20,21). The minimum atomic E-state index is -0.0475. The van der Waals surface area contributed by atoms with E-state index in [1.54, 1.807) is 14.2 Å². The average molecular weight is 336 g/mol. The normalized spacial score (nSPS) is 14.6. The Morgan fingerprint density at radius 3 is 2.75 bits per heavy atom. The summed E-state index contributed by atoms with van der Waals surface area (Å²) in [6, 6.07) is 5.73. The van der Waals surface area contributed by atoms with Gasteiger partial charge in [0.15, 0.2) is 0 Å². The molecule has 0 unspecified atom stereocenters. The van der Waals surface area contributed by atoms with Gasteiger partial charge in [0.05, 0.1) is 26.4 Å². The van der Waals surface area contributed by atoms with Gasteiger partial charge in [-0.2, -0.15) is 0 Å². The summed E-state index contributed by atoms with van der Waals surface area (Å²) in [4.78, 5) is 11.9. The smallest absolute Gasteiger partial charge is 0.234 e. The zero-order chi connectivity index (χ0) is 17.2. The maximum atomic E-state index is 11.9. The zero-order valence-corrected chi connectivity index (χ0v) is 14.6. The third kappa shape index (κ3) is 6.02. The van der Waals surface area contributed by atoms with Crippen molar-refractivity contribution in [3.8, 4) is 11.5 Å². The van der Waals surface area contributed by atoms with Crippen LogP contribution in [0.25, 0.3) is 0 Å². The number of carbonyl (C=O) groups is 1. The molecule has 134 valence electrons. The summed E-state index contributed by atoms with van der Waals surface area (Å²) >= 11 is 0. The van der Waals surface area contributed by atoms with E-state index in [2.05, 4.69) is 10.6 Å². The predicted molar refractivity (Wildman–Crippen MR) is 92.5 cm³/mol. The van der Waals surface area contributed by atoms with Crippen LogP contribution in [0.5, 0.6) is 11.5 Å². The monoisotopic (exact) mass is 336 g/mol. The van der Waals surface area contributed by atoms with Crippen molar-refractivity contribution in [2.75, 3.05) is 33.9 Å². The lowest BCUT2D eigenvalue weighted by atomic mass is 10.1. The fourth-order valence-corrected chi connectivity index (χ4v) is 2.74. The Bertz CT molecular complexity index is 516. The summed E-state index contributed by atoms with van der Waals surface area (Å²) < 4.78 is 16.3. The fourth-order valence-electron chi connectivity index (χ4n) is 2.74. The SMILES string of the molecule is COCCNCC(=O)NCc1ccc(OC)cc1OC1CCCC1. The third-order valence-electron chi connectivity index (χ3n) is 4.11. The van der Waals surface area contributed by atoms with E-state index in [1.807, 2.05) is 18.2 Å². The van der Waals surface area contributed by atoms with Crippen molar-refractivity contribution in [2.45, 2.75) is 38.3 Å². The third-order valence-corrected chi connectivity index (χ3v) is 4.11. The summed E-state index contributed by atoms with van der Waals surface area (Å²) in [5, 5.41) is 5.94. The molecule has 0 saturated heterocycles. The number of hydrogen-bond acceptors (Lipinski definition) is 5. The first-order chi connectivity index (χ1) is 11.7. The Morgan fingerprint density at radius 2 is 2.04 bits per heavy atom. The molecule has 24 heavy (non-hydrogen) atoms. The van der Waals surface area contributed by atoms with Gasteiger partial charge in [-0.15, -0.1) is 0 Å². The summed E-state index contributed by atoms with van der Waals surface area (Å²) in [6.07, 6.45) is 4.88. The van der Waals surface area contributed by atoms with Crippen LogP contribution in [0, 0.1) is 0 Å². The second-order valence-corrected chi connectivity index (χ2v) is 5.94. The van der Waals surface area contributed by atoms with Gasteiger partial charge in [-0.1, -0.05) is 0 Å². The van der Waals surface area contributed by atoms with Gasteiger partial charge < -0.3 is 24.8 Å². The van der Waals surface area contributed by atoms with Crippen LogP contribution in [0.3, 0.4) is 0 Å². The lowest BCUT2D eigenvalue weighted by Gasteiger charge is -2.18. The van der Waals surface area contributed by atoms with E-state index in [9.17, 15) is 4.79 Å². The Balaban J connectivity index is 1.89.